The molecule has 3 unspecified atom stereocenters. The number of rotatable bonds is 4. The van der Waals surface area contributed by atoms with Crippen molar-refractivity contribution in [2.75, 3.05) is 5.32 Å². The topological polar surface area (TPSA) is 83.5 Å². The van der Waals surface area contributed by atoms with Crippen molar-refractivity contribution in [1.82, 2.24) is 0 Å². The van der Waals surface area contributed by atoms with Crippen molar-refractivity contribution in [3.05, 3.63) is 58.4 Å². The monoisotopic (exact) mass is 487 g/mol. The molecule has 4 atom stereocenters. The van der Waals surface area contributed by atoms with Crippen molar-refractivity contribution in [2.24, 2.45) is 11.8 Å². The summed E-state index contributed by atoms with van der Waals surface area (Å²) in [6.07, 6.45) is 2.11. The Kier molecular flexibility index (Phi) is 5.80. The summed E-state index contributed by atoms with van der Waals surface area (Å²) in [7, 11) is -3.91. The van der Waals surface area contributed by atoms with E-state index in [-0.39, 0.29) is 33.0 Å². The van der Waals surface area contributed by atoms with Gasteiger partial charge in [-0.2, -0.15) is 0 Å². The quantitative estimate of drug-likeness (QED) is 0.611. The van der Waals surface area contributed by atoms with Crippen LogP contribution in [0.2, 0.25) is 5.02 Å². The molecule has 32 heavy (non-hydrogen) atoms. The average molecular weight is 488 g/mol. The van der Waals surface area contributed by atoms with Crippen LogP contribution in [0.25, 0.3) is 0 Å². The zero-order valence-electron chi connectivity index (χ0n) is 17.0. The summed E-state index contributed by atoms with van der Waals surface area (Å²) in [6, 6.07) is 4.91. The highest BCUT2D eigenvalue weighted by molar-refractivity contribution is 7.92. The van der Waals surface area contributed by atoms with Gasteiger partial charge in [0.25, 0.3) is 5.91 Å². The average Bonchev–Trinajstić information content (AvgIpc) is 2.88. The van der Waals surface area contributed by atoms with Crippen molar-refractivity contribution in [2.45, 2.75) is 48.4 Å². The molecule has 2 aromatic rings. The van der Waals surface area contributed by atoms with Crippen LogP contribution in [0.3, 0.4) is 0 Å². The molecule has 10 heteroatoms. The molecular formula is C22H21ClF3NO4S. The Morgan fingerprint density at radius 2 is 1.66 bits per heavy atom. The molecule has 2 aliphatic rings. The maximum atomic E-state index is 13.4. The van der Waals surface area contributed by atoms with Gasteiger partial charge in [0.2, 0.25) is 0 Å². The van der Waals surface area contributed by atoms with Gasteiger partial charge in [-0.1, -0.05) is 11.6 Å². The summed E-state index contributed by atoms with van der Waals surface area (Å²) in [6.45, 7) is 1.75. The van der Waals surface area contributed by atoms with E-state index < -0.39 is 44.0 Å². The normalized spacial score (nSPS) is 27.4. The van der Waals surface area contributed by atoms with Crippen molar-refractivity contribution in [3.8, 4) is 0 Å². The minimum Gasteiger partial charge on any atom is -0.390 e. The number of sulfone groups is 1. The summed E-state index contributed by atoms with van der Waals surface area (Å²) in [5, 5.41) is 12.1. The molecule has 4 rings (SSSR count). The third-order valence-corrected chi connectivity index (χ3v) is 9.45. The van der Waals surface area contributed by atoms with Crippen LogP contribution in [0.4, 0.5) is 18.9 Å². The van der Waals surface area contributed by atoms with Gasteiger partial charge < -0.3 is 10.4 Å². The number of benzene rings is 2. The van der Waals surface area contributed by atoms with Gasteiger partial charge in [-0.25, -0.2) is 21.6 Å². The lowest BCUT2D eigenvalue weighted by Crippen LogP contribution is -2.45. The maximum absolute atomic E-state index is 13.4. The number of anilines is 1. The van der Waals surface area contributed by atoms with E-state index in [4.69, 9.17) is 11.6 Å². The number of aliphatic hydroxyl groups is 1. The summed E-state index contributed by atoms with van der Waals surface area (Å²) >= 11 is 6.17. The Hall–Kier alpha value is -2.10. The molecule has 2 N–H and O–H groups in total. The molecule has 0 spiro atoms. The third kappa shape index (κ3) is 3.91. The van der Waals surface area contributed by atoms with E-state index in [1.165, 1.54) is 12.1 Å². The largest absolute Gasteiger partial charge is 0.390 e. The summed E-state index contributed by atoms with van der Waals surface area (Å²) in [5.74, 6) is -5.70. The van der Waals surface area contributed by atoms with Crippen LogP contribution in [0.15, 0.2) is 35.2 Å². The molecule has 0 radical (unpaired) electrons. The molecule has 2 bridgehead atoms. The minimum absolute atomic E-state index is 0.0508. The van der Waals surface area contributed by atoms with Gasteiger partial charge in [-0.15, -0.1) is 0 Å². The fourth-order valence-corrected chi connectivity index (χ4v) is 7.29. The Balaban J connectivity index is 1.61. The van der Waals surface area contributed by atoms with Gasteiger partial charge in [0, 0.05) is 23.4 Å². The van der Waals surface area contributed by atoms with E-state index in [2.05, 4.69) is 5.32 Å². The van der Waals surface area contributed by atoms with Crippen LogP contribution < -0.4 is 5.32 Å². The molecule has 2 aliphatic carbocycles. The summed E-state index contributed by atoms with van der Waals surface area (Å²) in [4.78, 5) is 12.4. The molecule has 5 nitrogen and oxygen atoms in total. The smallest absolute Gasteiger partial charge is 0.255 e. The lowest BCUT2D eigenvalue weighted by Gasteiger charge is -2.40. The first-order chi connectivity index (χ1) is 14.9. The molecule has 0 heterocycles. The lowest BCUT2D eigenvalue weighted by atomic mass is 9.76. The second-order valence-corrected chi connectivity index (χ2v) is 11.3. The standard InChI is InChI=1S/C22H21ClF3NO4S/c1-22(29)12-3-4-13(22)8-15(7-12)32(30,31)19-6-11(2-5-16(19)23)21(28)27-14-9-17(24)20(26)18(25)10-14/h2,5-6,9-10,12-13,15,29H,3-4,7-8H2,1H3,(H,27,28)/t12-,13?,15?,22?/m0/s1. The van der Waals surface area contributed by atoms with Gasteiger partial charge in [0.1, 0.15) is 0 Å². The van der Waals surface area contributed by atoms with Crippen molar-refractivity contribution in [3.63, 3.8) is 0 Å². The van der Waals surface area contributed by atoms with Gasteiger partial charge >= 0.3 is 0 Å². The molecule has 2 saturated carbocycles. The van der Waals surface area contributed by atoms with Gasteiger partial charge in [0.15, 0.2) is 27.3 Å². The van der Waals surface area contributed by atoms with Crippen molar-refractivity contribution >= 4 is 33.0 Å². The zero-order valence-corrected chi connectivity index (χ0v) is 18.6. The zero-order chi connectivity index (χ0) is 23.4. The number of hydrogen-bond donors (Lipinski definition) is 2. The molecule has 2 fully saturated rings. The van der Waals surface area contributed by atoms with Crippen LogP contribution in [0, 0.1) is 29.3 Å². The SMILES string of the molecule is CC1(O)C2CC[C@H]1CC(S(=O)(=O)c1cc(C(=O)Nc3cc(F)c(F)c(F)c3)ccc1Cl)C2. The highest BCUT2D eigenvalue weighted by Crippen LogP contribution is 2.51. The summed E-state index contributed by atoms with van der Waals surface area (Å²) in [5.41, 5.74) is -1.31. The van der Waals surface area contributed by atoms with Crippen molar-refractivity contribution in [1.29, 1.82) is 0 Å². The highest BCUT2D eigenvalue weighted by Gasteiger charge is 2.53. The molecule has 1 amide bonds. The number of carbonyl (C=O) groups is 1. The second-order valence-electron chi connectivity index (χ2n) is 8.69. The molecule has 172 valence electrons. The third-order valence-electron chi connectivity index (χ3n) is 6.79. The fraction of sp³-hybridized carbons (Fsp3) is 0.409. The number of nitrogens with one attached hydrogen (secondary N) is 1. The van der Waals surface area contributed by atoms with Crippen LogP contribution in [-0.2, 0) is 9.84 Å². The molecular weight excluding hydrogens is 467 g/mol. The maximum Gasteiger partial charge on any atom is 0.255 e. The van der Waals surface area contributed by atoms with E-state index >= 15 is 0 Å². The van der Waals surface area contributed by atoms with Crippen LogP contribution >= 0.6 is 11.6 Å². The Morgan fingerprint density at radius 3 is 2.22 bits per heavy atom. The first-order valence-corrected chi connectivity index (χ1v) is 12.1. The van der Waals surface area contributed by atoms with Gasteiger partial charge in [0.05, 0.1) is 20.8 Å². The molecule has 0 aliphatic heterocycles. The Bertz CT molecular complexity index is 1160. The lowest BCUT2D eigenvalue weighted by molar-refractivity contribution is -0.0413. The summed E-state index contributed by atoms with van der Waals surface area (Å²) < 4.78 is 66.7. The predicted molar refractivity (Wildman–Crippen MR) is 113 cm³/mol. The molecule has 2 aromatic carbocycles. The highest BCUT2D eigenvalue weighted by atomic mass is 35.5. The number of fused-ring (bicyclic) bond motifs is 2. The Labute approximate surface area is 188 Å². The first kappa shape index (κ1) is 23.1. The van der Waals surface area contributed by atoms with Crippen LogP contribution in [0.1, 0.15) is 43.0 Å². The minimum atomic E-state index is -3.91. The second kappa shape index (κ2) is 8.04. The predicted octanol–water partition coefficient (Wildman–Crippen LogP) is 4.72. The number of amides is 1. The number of hydrogen-bond acceptors (Lipinski definition) is 4. The van der Waals surface area contributed by atoms with Crippen molar-refractivity contribution < 1.29 is 31.5 Å². The van der Waals surface area contributed by atoms with Gasteiger partial charge in [-0.05, 0) is 62.6 Å². The fourth-order valence-electron chi connectivity index (χ4n) is 4.89. The molecule has 0 saturated heterocycles. The van der Waals surface area contributed by atoms with E-state index in [0.29, 0.717) is 25.0 Å². The van der Waals surface area contributed by atoms with Crippen LogP contribution in [0.5, 0.6) is 0 Å². The van der Waals surface area contributed by atoms with Crippen LogP contribution in [-0.4, -0.2) is 30.3 Å². The number of halogens is 4. The van der Waals surface area contributed by atoms with Gasteiger partial charge in [-0.3, -0.25) is 4.79 Å². The van der Waals surface area contributed by atoms with E-state index in [0.717, 1.165) is 18.9 Å². The first-order valence-electron chi connectivity index (χ1n) is 10.1. The number of carbonyl (C=O) groups excluding carboxylic acids is 1. The Morgan fingerprint density at radius 1 is 1.09 bits per heavy atom. The van der Waals surface area contributed by atoms with E-state index in [1.807, 2.05) is 0 Å². The van der Waals surface area contributed by atoms with E-state index in [1.54, 1.807) is 6.92 Å². The molecule has 0 aromatic heterocycles. The van der Waals surface area contributed by atoms with E-state index in [9.17, 15) is 31.5 Å².